The van der Waals surface area contributed by atoms with Gasteiger partial charge in [-0.2, -0.15) is 0 Å². The molecule has 0 aromatic carbocycles. The largest absolute Gasteiger partial charge is 0.299 e. The van der Waals surface area contributed by atoms with Crippen LogP contribution in [0.5, 0.6) is 0 Å². The zero-order chi connectivity index (χ0) is 15.6. The van der Waals surface area contributed by atoms with Gasteiger partial charge < -0.3 is 0 Å². The Morgan fingerprint density at radius 3 is 1.70 bits per heavy atom. The molecule has 0 amide bonds. The summed E-state index contributed by atoms with van der Waals surface area (Å²) in [5, 5.41) is 0.591. The fourth-order valence-electron chi connectivity index (χ4n) is 5.15. The fourth-order valence-corrected chi connectivity index (χ4v) is 10.1. The van der Waals surface area contributed by atoms with Gasteiger partial charge in [0.1, 0.15) is 5.78 Å². The summed E-state index contributed by atoms with van der Waals surface area (Å²) < 4.78 is 0. The molecule has 0 spiro atoms. The quantitative estimate of drug-likeness (QED) is 0.562. The number of ketones is 1. The van der Waals surface area contributed by atoms with Crippen molar-refractivity contribution in [2.24, 2.45) is 11.8 Å². The van der Waals surface area contributed by atoms with E-state index in [1.807, 2.05) is 0 Å². The van der Waals surface area contributed by atoms with Crippen LogP contribution in [0.2, 0.25) is 0 Å². The summed E-state index contributed by atoms with van der Waals surface area (Å²) >= 11 is 0. The van der Waals surface area contributed by atoms with Crippen molar-refractivity contribution in [1.82, 2.24) is 0 Å². The third-order valence-corrected chi connectivity index (χ3v) is 11.1. The highest BCUT2D eigenvalue weighted by Crippen LogP contribution is 2.72. The lowest BCUT2D eigenvalue weighted by atomic mass is 9.73. The summed E-state index contributed by atoms with van der Waals surface area (Å²) in [5.74, 6) is 1.08. The monoisotopic (exact) mass is 298 g/mol. The average molecular weight is 298 g/mol. The molecule has 0 aromatic heterocycles. The minimum atomic E-state index is -0.0972. The van der Waals surface area contributed by atoms with Crippen molar-refractivity contribution < 1.29 is 4.79 Å². The Kier molecular flexibility index (Phi) is 6.27. The van der Waals surface area contributed by atoms with Gasteiger partial charge in [-0.3, -0.25) is 4.79 Å². The first-order chi connectivity index (χ1) is 9.41. The molecule has 118 valence electrons. The highest BCUT2D eigenvalue weighted by atomic mass is 31.1. The number of carbonyl (C=O) groups is 1. The van der Waals surface area contributed by atoms with Crippen molar-refractivity contribution in [2.45, 2.75) is 90.9 Å². The molecular weight excluding hydrogens is 263 g/mol. The number of rotatable bonds is 6. The van der Waals surface area contributed by atoms with E-state index in [9.17, 15) is 4.79 Å². The van der Waals surface area contributed by atoms with E-state index < -0.39 is 0 Å². The first kappa shape index (κ1) is 18.1. The van der Waals surface area contributed by atoms with Gasteiger partial charge in [-0.15, -0.1) is 0 Å². The molecule has 1 aliphatic heterocycles. The van der Waals surface area contributed by atoms with Crippen molar-refractivity contribution >= 4 is 13.7 Å². The second-order valence-corrected chi connectivity index (χ2v) is 9.88. The third kappa shape index (κ3) is 2.39. The molecule has 2 heteroatoms. The zero-order valence-electron chi connectivity index (χ0n) is 14.8. The maximum Gasteiger partial charge on any atom is 0.140 e. The van der Waals surface area contributed by atoms with E-state index >= 15 is 0 Å². The molecule has 1 rings (SSSR count). The molecule has 1 nitrogen and oxygen atoms in total. The molecule has 1 saturated heterocycles. The van der Waals surface area contributed by atoms with Gasteiger partial charge in [-0.25, -0.2) is 0 Å². The van der Waals surface area contributed by atoms with Gasteiger partial charge in [-0.05, 0) is 31.8 Å². The lowest BCUT2D eigenvalue weighted by Crippen LogP contribution is -2.56. The van der Waals surface area contributed by atoms with Crippen LogP contribution in [0.1, 0.15) is 80.6 Å². The van der Waals surface area contributed by atoms with E-state index in [1.165, 1.54) is 38.3 Å². The highest BCUT2D eigenvalue weighted by Gasteiger charge is 2.59. The van der Waals surface area contributed by atoms with Gasteiger partial charge in [0, 0.05) is 22.1 Å². The molecule has 4 unspecified atom stereocenters. The van der Waals surface area contributed by atoms with Crippen LogP contribution in [0.3, 0.4) is 0 Å². The van der Waals surface area contributed by atoms with Gasteiger partial charge in [0.2, 0.25) is 0 Å². The topological polar surface area (TPSA) is 17.1 Å². The predicted octanol–water partition coefficient (Wildman–Crippen LogP) is 5.85. The molecule has 0 aromatic rings. The van der Waals surface area contributed by atoms with Crippen LogP contribution < -0.4 is 0 Å². The lowest BCUT2D eigenvalue weighted by Gasteiger charge is -2.60. The highest BCUT2D eigenvalue weighted by molar-refractivity contribution is 7.61. The van der Waals surface area contributed by atoms with Gasteiger partial charge >= 0.3 is 0 Å². The van der Waals surface area contributed by atoms with Crippen LogP contribution >= 0.6 is 7.92 Å². The third-order valence-electron chi connectivity index (χ3n) is 6.38. The molecule has 0 N–H and O–H groups in total. The lowest BCUT2D eigenvalue weighted by molar-refractivity contribution is -0.129. The van der Waals surface area contributed by atoms with Crippen LogP contribution in [-0.2, 0) is 4.79 Å². The minimum Gasteiger partial charge on any atom is -0.299 e. The first-order valence-corrected chi connectivity index (χ1v) is 10.3. The van der Waals surface area contributed by atoms with Gasteiger partial charge in [0.05, 0.1) is 0 Å². The van der Waals surface area contributed by atoms with E-state index in [-0.39, 0.29) is 19.8 Å². The molecule has 1 heterocycles. The maximum atomic E-state index is 13.0. The van der Waals surface area contributed by atoms with E-state index in [4.69, 9.17) is 0 Å². The SMILES string of the molecule is CCCC1(CC)C(C)C(=O)C(C)C(CC)(CC)P1CC. The Morgan fingerprint density at radius 2 is 1.35 bits per heavy atom. The van der Waals surface area contributed by atoms with E-state index in [0.717, 1.165) is 0 Å². The predicted molar refractivity (Wildman–Crippen MR) is 92.0 cm³/mol. The zero-order valence-corrected chi connectivity index (χ0v) is 15.6. The molecule has 1 fully saturated rings. The molecule has 0 aliphatic carbocycles. The van der Waals surface area contributed by atoms with Crippen LogP contribution in [-0.4, -0.2) is 22.3 Å². The van der Waals surface area contributed by atoms with Crippen LogP contribution in [0.4, 0.5) is 0 Å². The second kappa shape index (κ2) is 6.91. The number of carbonyl (C=O) groups excluding carboxylic acids is 1. The smallest absolute Gasteiger partial charge is 0.140 e. The van der Waals surface area contributed by atoms with Gasteiger partial charge in [-0.1, -0.05) is 62.8 Å². The molecule has 1 aliphatic rings. The minimum absolute atomic E-state index is 0.0972. The molecule has 4 atom stereocenters. The van der Waals surface area contributed by atoms with Crippen molar-refractivity contribution in [1.29, 1.82) is 0 Å². The standard InChI is InChI=1S/C18H35OP/c1-8-13-18(11-4)15(7)16(19)14(6)17(9-2,10-3)20(18)12-5/h14-15H,8-13H2,1-7H3. The molecule has 20 heavy (non-hydrogen) atoms. The summed E-state index contributed by atoms with van der Waals surface area (Å²) in [6.45, 7) is 16.1. The van der Waals surface area contributed by atoms with E-state index in [0.29, 0.717) is 16.1 Å². The van der Waals surface area contributed by atoms with Crippen molar-refractivity contribution in [3.8, 4) is 0 Å². The molecule has 0 radical (unpaired) electrons. The maximum absolute atomic E-state index is 13.0. The van der Waals surface area contributed by atoms with Crippen molar-refractivity contribution in [3.63, 3.8) is 0 Å². The normalized spacial score (nSPS) is 37.1. The van der Waals surface area contributed by atoms with E-state index in [1.54, 1.807) is 0 Å². The summed E-state index contributed by atoms with van der Waals surface area (Å²) in [7, 11) is -0.0972. The van der Waals surface area contributed by atoms with Crippen LogP contribution in [0, 0.1) is 11.8 Å². The molecule has 0 saturated carbocycles. The van der Waals surface area contributed by atoms with Crippen LogP contribution in [0.15, 0.2) is 0 Å². The van der Waals surface area contributed by atoms with Crippen molar-refractivity contribution in [3.05, 3.63) is 0 Å². The van der Waals surface area contributed by atoms with Gasteiger partial charge in [0.15, 0.2) is 0 Å². The summed E-state index contributed by atoms with van der Waals surface area (Å²) in [4.78, 5) is 13.0. The fraction of sp³-hybridized carbons (Fsp3) is 0.944. The number of Topliss-reactive ketones (excluding diaryl/α,β-unsaturated/α-hetero) is 1. The van der Waals surface area contributed by atoms with Gasteiger partial charge in [0.25, 0.3) is 0 Å². The Morgan fingerprint density at radius 1 is 0.900 bits per heavy atom. The Balaban J connectivity index is 3.45. The summed E-state index contributed by atoms with van der Waals surface area (Å²) in [6.07, 6.45) is 7.27. The number of hydrogen-bond donors (Lipinski definition) is 0. The Bertz CT molecular complexity index is 334. The van der Waals surface area contributed by atoms with E-state index in [2.05, 4.69) is 48.5 Å². The van der Waals surface area contributed by atoms with Crippen molar-refractivity contribution in [2.75, 3.05) is 6.16 Å². The first-order valence-electron chi connectivity index (χ1n) is 8.73. The summed E-state index contributed by atoms with van der Waals surface area (Å²) in [6, 6.07) is 0. The molecular formula is C18H35OP. The number of hydrogen-bond acceptors (Lipinski definition) is 1. The average Bonchev–Trinajstić information content (AvgIpc) is 2.48. The molecule has 0 bridgehead atoms. The Hall–Kier alpha value is 0.100. The summed E-state index contributed by atoms with van der Waals surface area (Å²) in [5.41, 5.74) is 0. The van der Waals surface area contributed by atoms with Crippen LogP contribution in [0.25, 0.3) is 0 Å². The Labute approximate surface area is 128 Å². The second-order valence-electron chi connectivity index (χ2n) is 6.61.